The first-order valence-corrected chi connectivity index (χ1v) is 11.9. The van der Waals surface area contributed by atoms with E-state index >= 15 is 0 Å². The summed E-state index contributed by atoms with van der Waals surface area (Å²) in [5.41, 5.74) is 4.40. The third kappa shape index (κ3) is 4.60. The number of amides is 1. The van der Waals surface area contributed by atoms with Crippen molar-refractivity contribution in [1.29, 1.82) is 0 Å². The second kappa shape index (κ2) is 9.40. The molecule has 3 aromatic rings. The van der Waals surface area contributed by atoms with Crippen molar-refractivity contribution in [3.05, 3.63) is 53.9 Å². The van der Waals surface area contributed by atoms with Gasteiger partial charge in [-0.25, -0.2) is 14.4 Å². The molecule has 0 radical (unpaired) electrons. The second-order valence-corrected chi connectivity index (χ2v) is 9.08. The van der Waals surface area contributed by atoms with Crippen LogP contribution in [-0.2, 0) is 11.3 Å². The predicted molar refractivity (Wildman–Crippen MR) is 129 cm³/mol. The summed E-state index contributed by atoms with van der Waals surface area (Å²) in [6, 6.07) is 6.82. The van der Waals surface area contributed by atoms with Gasteiger partial charge in [-0.1, -0.05) is 0 Å². The van der Waals surface area contributed by atoms with Crippen molar-refractivity contribution in [3.63, 3.8) is 0 Å². The molecule has 2 fully saturated rings. The molecule has 0 unspecified atom stereocenters. The van der Waals surface area contributed by atoms with E-state index in [0.717, 1.165) is 60.1 Å². The fraction of sp³-hybridized carbons (Fsp3) is 0.440. The average Bonchev–Trinajstić information content (AvgIpc) is 3.49. The van der Waals surface area contributed by atoms with Crippen molar-refractivity contribution in [3.8, 4) is 11.1 Å². The molecule has 8 nitrogen and oxygen atoms in total. The van der Waals surface area contributed by atoms with Crippen molar-refractivity contribution in [2.24, 2.45) is 0 Å². The van der Waals surface area contributed by atoms with Crippen LogP contribution < -0.4 is 9.80 Å². The normalized spacial score (nSPS) is 16.4. The standard InChI is InChI=1S/C25H30FN7O/c1-18-13-19(2)33(29-18)17-24(34)31-11-9-30(10-12-31)23-6-5-21(26)14-22(23)20-15-27-25(28-16-20)32-7-3-4-8-32/h5-6,13-16H,3-4,7-12,17H2,1-2H3. The highest BCUT2D eigenvalue weighted by atomic mass is 19.1. The lowest BCUT2D eigenvalue weighted by atomic mass is 10.0. The molecular weight excluding hydrogens is 433 g/mol. The van der Waals surface area contributed by atoms with E-state index in [-0.39, 0.29) is 18.3 Å². The van der Waals surface area contributed by atoms with Gasteiger partial charge in [0.05, 0.1) is 5.69 Å². The fourth-order valence-electron chi connectivity index (χ4n) is 4.82. The monoisotopic (exact) mass is 463 g/mol. The number of aryl methyl sites for hydroxylation is 2. The van der Waals surface area contributed by atoms with Crippen molar-refractivity contribution in [2.45, 2.75) is 33.2 Å². The third-order valence-electron chi connectivity index (χ3n) is 6.66. The van der Waals surface area contributed by atoms with Crippen LogP contribution in [0.1, 0.15) is 24.2 Å². The third-order valence-corrected chi connectivity index (χ3v) is 6.66. The van der Waals surface area contributed by atoms with E-state index < -0.39 is 0 Å². The largest absolute Gasteiger partial charge is 0.367 e. The summed E-state index contributed by atoms with van der Waals surface area (Å²) >= 11 is 0. The molecule has 0 spiro atoms. The first-order chi connectivity index (χ1) is 16.5. The highest BCUT2D eigenvalue weighted by Crippen LogP contribution is 2.32. The number of aromatic nitrogens is 4. The first-order valence-electron chi connectivity index (χ1n) is 11.9. The number of nitrogens with zero attached hydrogens (tertiary/aromatic N) is 7. The molecule has 5 rings (SSSR count). The van der Waals surface area contributed by atoms with Crippen LogP contribution >= 0.6 is 0 Å². The topological polar surface area (TPSA) is 70.4 Å². The van der Waals surface area contributed by atoms with Gasteiger partial charge in [0.25, 0.3) is 0 Å². The number of carbonyl (C=O) groups is 1. The zero-order valence-corrected chi connectivity index (χ0v) is 19.7. The minimum Gasteiger partial charge on any atom is -0.367 e. The van der Waals surface area contributed by atoms with Crippen LogP contribution in [0.3, 0.4) is 0 Å². The van der Waals surface area contributed by atoms with Crippen molar-refractivity contribution in [1.82, 2.24) is 24.6 Å². The van der Waals surface area contributed by atoms with E-state index in [1.165, 1.54) is 6.07 Å². The lowest BCUT2D eigenvalue weighted by Crippen LogP contribution is -2.49. The van der Waals surface area contributed by atoms with Crippen molar-refractivity contribution < 1.29 is 9.18 Å². The number of carbonyl (C=O) groups excluding carboxylic acids is 1. The zero-order valence-electron chi connectivity index (χ0n) is 19.7. The zero-order chi connectivity index (χ0) is 23.7. The van der Waals surface area contributed by atoms with Gasteiger partial charge >= 0.3 is 0 Å². The van der Waals surface area contributed by atoms with Crippen LogP contribution in [0.5, 0.6) is 0 Å². The minimum absolute atomic E-state index is 0.0658. The summed E-state index contributed by atoms with van der Waals surface area (Å²) in [7, 11) is 0. The molecule has 34 heavy (non-hydrogen) atoms. The maximum Gasteiger partial charge on any atom is 0.244 e. The van der Waals surface area contributed by atoms with Gasteiger partial charge in [-0.2, -0.15) is 5.10 Å². The summed E-state index contributed by atoms with van der Waals surface area (Å²) in [5, 5.41) is 4.40. The molecule has 1 amide bonds. The van der Waals surface area contributed by atoms with Crippen LogP contribution in [0.2, 0.25) is 0 Å². The smallest absolute Gasteiger partial charge is 0.244 e. The maximum atomic E-state index is 14.2. The van der Waals surface area contributed by atoms with Gasteiger partial charge < -0.3 is 14.7 Å². The van der Waals surface area contributed by atoms with Crippen LogP contribution in [0.4, 0.5) is 16.0 Å². The van der Waals surface area contributed by atoms with Gasteiger partial charge in [0.1, 0.15) is 12.4 Å². The van der Waals surface area contributed by atoms with E-state index in [0.29, 0.717) is 26.2 Å². The highest BCUT2D eigenvalue weighted by molar-refractivity contribution is 5.79. The van der Waals surface area contributed by atoms with Gasteiger partial charge in [-0.15, -0.1) is 0 Å². The maximum absolute atomic E-state index is 14.2. The molecule has 0 bridgehead atoms. The molecule has 0 N–H and O–H groups in total. The Labute approximate surface area is 199 Å². The number of piperazine rings is 1. The Morgan fingerprint density at radius 1 is 0.941 bits per heavy atom. The van der Waals surface area contributed by atoms with E-state index in [1.54, 1.807) is 23.1 Å². The Hall–Kier alpha value is -3.49. The molecule has 9 heteroatoms. The van der Waals surface area contributed by atoms with Crippen molar-refractivity contribution in [2.75, 3.05) is 49.1 Å². The van der Waals surface area contributed by atoms with E-state index in [4.69, 9.17) is 0 Å². The van der Waals surface area contributed by atoms with Gasteiger partial charge in [0.2, 0.25) is 11.9 Å². The molecule has 178 valence electrons. The fourth-order valence-corrected chi connectivity index (χ4v) is 4.82. The Morgan fingerprint density at radius 3 is 2.29 bits per heavy atom. The molecule has 2 saturated heterocycles. The molecule has 2 aliphatic heterocycles. The lowest BCUT2D eigenvalue weighted by molar-refractivity contribution is -0.132. The second-order valence-electron chi connectivity index (χ2n) is 9.08. The van der Waals surface area contributed by atoms with Gasteiger partial charge in [0, 0.05) is 74.2 Å². The van der Waals surface area contributed by atoms with Crippen molar-refractivity contribution >= 4 is 17.5 Å². The SMILES string of the molecule is Cc1cc(C)n(CC(=O)N2CCN(c3ccc(F)cc3-c3cnc(N4CCCC4)nc3)CC2)n1. The number of hydrogen-bond acceptors (Lipinski definition) is 6. The Balaban J connectivity index is 1.28. The summed E-state index contributed by atoms with van der Waals surface area (Å²) in [5.74, 6) is 0.506. The van der Waals surface area contributed by atoms with E-state index in [2.05, 4.69) is 24.9 Å². The molecule has 0 atom stereocenters. The molecule has 2 aliphatic rings. The number of halogens is 1. The molecule has 4 heterocycles. The highest BCUT2D eigenvalue weighted by Gasteiger charge is 2.24. The molecule has 1 aromatic carbocycles. The molecule has 0 saturated carbocycles. The van der Waals surface area contributed by atoms with E-state index in [1.807, 2.05) is 30.9 Å². The summed E-state index contributed by atoms with van der Waals surface area (Å²) in [6.45, 7) is 8.67. The number of rotatable bonds is 5. The van der Waals surface area contributed by atoms with Crippen LogP contribution in [0.25, 0.3) is 11.1 Å². The minimum atomic E-state index is -0.291. The molecule has 2 aromatic heterocycles. The summed E-state index contributed by atoms with van der Waals surface area (Å²) < 4.78 is 16.0. The quantitative estimate of drug-likeness (QED) is 0.579. The Morgan fingerprint density at radius 2 is 1.65 bits per heavy atom. The number of anilines is 2. The average molecular weight is 464 g/mol. The predicted octanol–water partition coefficient (Wildman–Crippen LogP) is 3.05. The molecule has 0 aliphatic carbocycles. The van der Waals surface area contributed by atoms with Gasteiger partial charge in [-0.3, -0.25) is 9.48 Å². The van der Waals surface area contributed by atoms with Gasteiger partial charge in [-0.05, 0) is 51.0 Å². The Bertz CT molecular complexity index is 1160. The number of hydrogen-bond donors (Lipinski definition) is 0. The summed E-state index contributed by atoms with van der Waals surface area (Å²) in [6.07, 6.45) is 5.89. The summed E-state index contributed by atoms with van der Waals surface area (Å²) in [4.78, 5) is 28.2. The van der Waals surface area contributed by atoms with E-state index in [9.17, 15) is 9.18 Å². The van der Waals surface area contributed by atoms with Crippen LogP contribution in [0, 0.1) is 19.7 Å². The molecular formula is C25H30FN7O. The van der Waals surface area contributed by atoms with Crippen LogP contribution in [-0.4, -0.2) is 69.8 Å². The van der Waals surface area contributed by atoms with Crippen LogP contribution in [0.15, 0.2) is 36.7 Å². The lowest BCUT2D eigenvalue weighted by Gasteiger charge is -2.37. The first kappa shape index (κ1) is 22.3. The van der Waals surface area contributed by atoms with Gasteiger partial charge in [0.15, 0.2) is 0 Å². The Kier molecular flexibility index (Phi) is 6.17. The number of benzene rings is 1.